The minimum absolute atomic E-state index is 0.00926. The number of para-hydroxylation sites is 1. The molecule has 1 amide bonds. The molecule has 0 bridgehead atoms. The Kier molecular flexibility index (Phi) is 4.94. The average molecular weight is 523 g/mol. The summed E-state index contributed by atoms with van der Waals surface area (Å²) in [6.07, 6.45) is 4.12. The Morgan fingerprint density at radius 2 is 1.82 bits per heavy atom. The molecule has 3 heterocycles. The van der Waals surface area contributed by atoms with Crippen LogP contribution in [0.15, 0.2) is 53.0 Å². The summed E-state index contributed by atoms with van der Waals surface area (Å²) in [7, 11) is 0. The molecule has 0 radical (unpaired) electrons. The van der Waals surface area contributed by atoms with Gasteiger partial charge < -0.3 is 4.90 Å². The number of fused-ring (bicyclic) bond motifs is 3. The van der Waals surface area contributed by atoms with Crippen molar-refractivity contribution in [3.63, 3.8) is 0 Å². The van der Waals surface area contributed by atoms with Gasteiger partial charge in [0.15, 0.2) is 11.4 Å². The molecule has 6 rings (SSSR count). The van der Waals surface area contributed by atoms with Gasteiger partial charge >= 0.3 is 0 Å². The Hall–Kier alpha value is -2.02. The van der Waals surface area contributed by atoms with Gasteiger partial charge in [0.05, 0.1) is 17.6 Å². The molecule has 3 aliphatic heterocycles. The average Bonchev–Trinajstić information content (AvgIpc) is 3.38. The molecule has 6 heteroatoms. The number of carbonyl (C=O) groups is 2. The van der Waals surface area contributed by atoms with Gasteiger partial charge in [0.25, 0.3) is 0 Å². The van der Waals surface area contributed by atoms with Crippen LogP contribution in [0.4, 0.5) is 5.69 Å². The predicted molar refractivity (Wildman–Crippen MR) is 134 cm³/mol. The minimum Gasteiger partial charge on any atom is -0.306 e. The molecule has 2 saturated heterocycles. The van der Waals surface area contributed by atoms with Crippen molar-refractivity contribution in [1.82, 2.24) is 5.06 Å². The molecule has 3 fully saturated rings. The summed E-state index contributed by atoms with van der Waals surface area (Å²) < 4.78 is 0.883. The van der Waals surface area contributed by atoms with Crippen molar-refractivity contribution in [3.05, 3.63) is 64.1 Å². The highest BCUT2D eigenvalue weighted by Gasteiger charge is 2.77. The molecule has 1 aliphatic carbocycles. The number of hydroxylamine groups is 2. The van der Waals surface area contributed by atoms with Gasteiger partial charge in [-0.05, 0) is 52.9 Å². The van der Waals surface area contributed by atoms with Gasteiger partial charge in [-0.1, -0.05) is 62.7 Å². The molecule has 2 aromatic carbocycles. The Labute approximate surface area is 209 Å². The summed E-state index contributed by atoms with van der Waals surface area (Å²) in [5.41, 5.74) is 0.267. The maximum absolute atomic E-state index is 14.5. The van der Waals surface area contributed by atoms with Crippen LogP contribution in [-0.4, -0.2) is 34.4 Å². The maximum Gasteiger partial charge on any atom is 0.239 e. The molecule has 0 N–H and O–H groups in total. The number of piperidine rings is 1. The van der Waals surface area contributed by atoms with Crippen molar-refractivity contribution in [3.8, 4) is 0 Å². The first-order valence-corrected chi connectivity index (χ1v) is 13.2. The third-order valence-electron chi connectivity index (χ3n) is 9.20. The number of carbonyl (C=O) groups excluding carboxylic acids is 2. The second-order valence-electron chi connectivity index (χ2n) is 11.1. The van der Waals surface area contributed by atoms with Crippen LogP contribution in [0, 0.1) is 5.41 Å². The van der Waals surface area contributed by atoms with E-state index in [4.69, 9.17) is 4.84 Å². The van der Waals surface area contributed by atoms with Crippen molar-refractivity contribution in [2.24, 2.45) is 5.41 Å². The number of ketones is 1. The molecule has 178 valence electrons. The van der Waals surface area contributed by atoms with Gasteiger partial charge in [0.2, 0.25) is 5.91 Å². The molecule has 5 nitrogen and oxygen atoms in total. The molecule has 0 aromatic heterocycles. The van der Waals surface area contributed by atoms with Crippen LogP contribution in [0.2, 0.25) is 0 Å². The number of Topliss-reactive ketones (excluding diaryl/α,β-unsaturated/α-hetero) is 1. The zero-order chi connectivity index (χ0) is 23.9. The number of rotatable bonds is 2. The van der Waals surface area contributed by atoms with Gasteiger partial charge in [0, 0.05) is 34.8 Å². The van der Waals surface area contributed by atoms with E-state index >= 15 is 0 Å². The molecule has 4 atom stereocenters. The van der Waals surface area contributed by atoms with Gasteiger partial charge in [-0.15, -0.1) is 0 Å². The van der Waals surface area contributed by atoms with Crippen molar-refractivity contribution in [1.29, 1.82) is 0 Å². The fraction of sp³-hybridized carbons (Fsp3) is 0.500. The summed E-state index contributed by atoms with van der Waals surface area (Å²) in [5.74, 6) is 0.0786. The predicted octanol–water partition coefficient (Wildman–Crippen LogP) is 5.55. The van der Waals surface area contributed by atoms with E-state index < -0.39 is 16.4 Å². The zero-order valence-electron chi connectivity index (χ0n) is 20.0. The number of amides is 1. The smallest absolute Gasteiger partial charge is 0.239 e. The summed E-state index contributed by atoms with van der Waals surface area (Å²) in [6, 6.07) is 16.6. The Bertz CT molecular complexity index is 1180. The van der Waals surface area contributed by atoms with Gasteiger partial charge in [-0.2, -0.15) is 5.06 Å². The second kappa shape index (κ2) is 7.49. The van der Waals surface area contributed by atoms with E-state index in [1.54, 1.807) is 0 Å². The molecule has 2 aromatic rings. The first-order valence-electron chi connectivity index (χ1n) is 12.4. The number of anilines is 1. The summed E-state index contributed by atoms with van der Waals surface area (Å²) in [5, 5.41) is 2.09. The SMILES string of the molecule is C[C@H]1CCC[C@@H]2C[C@@]3(ON21)C(=O)C[C@@]1(C(=O)N(Cc2ccccc2)c2c(Br)cccc21)C3(C)C. The zero-order valence-corrected chi connectivity index (χ0v) is 21.6. The lowest BCUT2D eigenvalue weighted by atomic mass is 9.59. The normalized spacial score (nSPS) is 34.3. The van der Waals surface area contributed by atoms with Crippen molar-refractivity contribution >= 4 is 33.3 Å². The first kappa shape index (κ1) is 22.4. The summed E-state index contributed by atoms with van der Waals surface area (Å²) in [4.78, 5) is 37.1. The van der Waals surface area contributed by atoms with E-state index in [0.717, 1.165) is 40.5 Å². The highest BCUT2D eigenvalue weighted by Crippen LogP contribution is 2.67. The highest BCUT2D eigenvalue weighted by atomic mass is 79.9. The lowest BCUT2D eigenvalue weighted by Gasteiger charge is -2.44. The molecular formula is C28H31BrN2O3. The van der Waals surface area contributed by atoms with Gasteiger partial charge in [-0.3, -0.25) is 14.4 Å². The van der Waals surface area contributed by atoms with E-state index in [9.17, 15) is 9.59 Å². The lowest BCUT2D eigenvalue weighted by molar-refractivity contribution is -0.249. The Balaban J connectivity index is 1.49. The van der Waals surface area contributed by atoms with Crippen LogP contribution < -0.4 is 4.90 Å². The monoisotopic (exact) mass is 522 g/mol. The second-order valence-corrected chi connectivity index (χ2v) is 11.9. The van der Waals surface area contributed by atoms with Crippen molar-refractivity contribution < 1.29 is 14.4 Å². The van der Waals surface area contributed by atoms with E-state index in [1.165, 1.54) is 0 Å². The Morgan fingerprint density at radius 1 is 1.06 bits per heavy atom. The summed E-state index contributed by atoms with van der Waals surface area (Å²) in [6.45, 7) is 6.84. The molecule has 4 aliphatic rings. The Morgan fingerprint density at radius 3 is 2.56 bits per heavy atom. The number of benzene rings is 2. The largest absolute Gasteiger partial charge is 0.306 e. The van der Waals surface area contributed by atoms with Gasteiger partial charge in [-0.25, -0.2) is 0 Å². The van der Waals surface area contributed by atoms with Crippen LogP contribution >= 0.6 is 15.9 Å². The van der Waals surface area contributed by atoms with E-state index in [0.29, 0.717) is 13.0 Å². The number of hydrogen-bond donors (Lipinski definition) is 0. The molecule has 0 unspecified atom stereocenters. The standard InChI is InChI=1S/C28H31BrN2O3/c1-18-9-7-12-20-15-28(34-31(18)20)23(32)16-27(26(28,2)3)21-13-8-14-22(29)24(21)30(25(27)33)17-19-10-5-4-6-11-19/h4-6,8,10-11,13-14,18,20H,7,9,12,15-17H2,1-3H3/t18-,20+,27+,28+/m0/s1. The molecule has 2 spiro atoms. The molecule has 1 saturated carbocycles. The van der Waals surface area contributed by atoms with E-state index in [1.807, 2.05) is 53.4 Å². The van der Waals surface area contributed by atoms with Crippen molar-refractivity contribution in [2.45, 2.75) is 82.5 Å². The third kappa shape index (κ3) is 2.68. The van der Waals surface area contributed by atoms with E-state index in [-0.39, 0.29) is 30.2 Å². The number of nitrogens with zero attached hydrogens (tertiary/aromatic N) is 2. The topological polar surface area (TPSA) is 49.9 Å². The van der Waals surface area contributed by atoms with Crippen LogP contribution in [0.3, 0.4) is 0 Å². The van der Waals surface area contributed by atoms with Crippen LogP contribution in [0.1, 0.15) is 64.0 Å². The van der Waals surface area contributed by atoms with Gasteiger partial charge in [0.1, 0.15) is 0 Å². The number of halogens is 1. The first-order chi connectivity index (χ1) is 16.2. The third-order valence-corrected chi connectivity index (χ3v) is 9.84. The van der Waals surface area contributed by atoms with Crippen molar-refractivity contribution in [2.75, 3.05) is 4.90 Å². The maximum atomic E-state index is 14.5. The van der Waals surface area contributed by atoms with Crippen LogP contribution in [0.5, 0.6) is 0 Å². The molecule has 34 heavy (non-hydrogen) atoms. The summed E-state index contributed by atoms with van der Waals surface area (Å²) >= 11 is 3.73. The molecular weight excluding hydrogens is 492 g/mol. The lowest BCUT2D eigenvalue weighted by Crippen LogP contribution is -2.56. The fourth-order valence-corrected chi connectivity index (χ4v) is 7.85. The van der Waals surface area contributed by atoms with Crippen LogP contribution in [0.25, 0.3) is 0 Å². The minimum atomic E-state index is -0.978. The highest BCUT2D eigenvalue weighted by molar-refractivity contribution is 9.10. The van der Waals surface area contributed by atoms with Crippen LogP contribution in [-0.2, 0) is 26.4 Å². The fourth-order valence-electron chi connectivity index (χ4n) is 7.27. The quantitative estimate of drug-likeness (QED) is 0.518. The number of hydrogen-bond acceptors (Lipinski definition) is 4. The van der Waals surface area contributed by atoms with E-state index in [2.05, 4.69) is 41.8 Å².